The first-order valence-electron chi connectivity index (χ1n) is 5.33. The summed E-state index contributed by atoms with van der Waals surface area (Å²) in [5.41, 5.74) is 0. The summed E-state index contributed by atoms with van der Waals surface area (Å²) in [5.74, 6) is 2.11. The summed E-state index contributed by atoms with van der Waals surface area (Å²) in [4.78, 5) is 0. The lowest BCUT2D eigenvalue weighted by Crippen LogP contribution is -2.14. The van der Waals surface area contributed by atoms with Gasteiger partial charge in [0.15, 0.2) is 0 Å². The minimum atomic E-state index is 1.00. The molecule has 1 fully saturated rings. The molecule has 0 aliphatic heterocycles. The minimum absolute atomic E-state index is 1.00. The van der Waals surface area contributed by atoms with Gasteiger partial charge < -0.3 is 0 Å². The van der Waals surface area contributed by atoms with Gasteiger partial charge in [-0.1, -0.05) is 52.4 Å². The third-order valence-electron chi connectivity index (χ3n) is 3.01. The van der Waals surface area contributed by atoms with Crippen LogP contribution in [0.1, 0.15) is 58.8 Å². The van der Waals surface area contributed by atoms with E-state index >= 15 is 0 Å². The van der Waals surface area contributed by atoms with Crippen LogP contribution in [0, 0.1) is 11.8 Å². The highest BCUT2D eigenvalue weighted by atomic mass is 14.2. The zero-order valence-corrected chi connectivity index (χ0v) is 8.10. The second-order valence-electron chi connectivity index (χ2n) is 4.28. The van der Waals surface area contributed by atoms with E-state index in [2.05, 4.69) is 13.8 Å². The molecular formula is C11H22. The van der Waals surface area contributed by atoms with Crippen LogP contribution >= 0.6 is 0 Å². The van der Waals surface area contributed by atoms with Gasteiger partial charge in [0, 0.05) is 0 Å². The van der Waals surface area contributed by atoms with Crippen molar-refractivity contribution in [2.45, 2.75) is 58.8 Å². The lowest BCUT2D eigenvalue weighted by atomic mass is 9.78. The van der Waals surface area contributed by atoms with Crippen molar-refractivity contribution >= 4 is 0 Å². The van der Waals surface area contributed by atoms with Crippen LogP contribution in [0.5, 0.6) is 0 Å². The summed E-state index contributed by atoms with van der Waals surface area (Å²) in [5, 5.41) is 0. The maximum atomic E-state index is 2.42. The predicted octanol–water partition coefficient (Wildman–Crippen LogP) is 4.00. The van der Waals surface area contributed by atoms with Gasteiger partial charge >= 0.3 is 0 Å². The first-order valence-corrected chi connectivity index (χ1v) is 5.33. The molecule has 0 aromatic heterocycles. The predicted molar refractivity (Wildman–Crippen MR) is 50.6 cm³/mol. The van der Waals surface area contributed by atoms with Crippen molar-refractivity contribution in [2.75, 3.05) is 0 Å². The van der Waals surface area contributed by atoms with Crippen molar-refractivity contribution in [3.8, 4) is 0 Å². The van der Waals surface area contributed by atoms with Crippen LogP contribution in [0.2, 0.25) is 0 Å². The highest BCUT2D eigenvalue weighted by Gasteiger charge is 2.19. The van der Waals surface area contributed by atoms with E-state index in [1.54, 1.807) is 0 Å². The van der Waals surface area contributed by atoms with E-state index in [-0.39, 0.29) is 0 Å². The van der Waals surface area contributed by atoms with E-state index in [9.17, 15) is 0 Å². The summed E-state index contributed by atoms with van der Waals surface area (Å²) in [7, 11) is 0. The summed E-state index contributed by atoms with van der Waals surface area (Å²) < 4.78 is 0. The Morgan fingerprint density at radius 3 is 2.55 bits per heavy atom. The van der Waals surface area contributed by atoms with Crippen molar-refractivity contribution in [2.24, 2.45) is 11.8 Å². The quantitative estimate of drug-likeness (QED) is 0.561. The minimum Gasteiger partial charge on any atom is -0.0654 e. The Morgan fingerprint density at radius 1 is 1.36 bits per heavy atom. The molecule has 1 aliphatic carbocycles. The van der Waals surface area contributed by atoms with E-state index in [0.717, 1.165) is 11.8 Å². The third kappa shape index (κ3) is 3.27. The Labute approximate surface area is 71.4 Å². The number of rotatable bonds is 5. The van der Waals surface area contributed by atoms with Crippen LogP contribution < -0.4 is 0 Å². The molecule has 0 saturated heterocycles. The van der Waals surface area contributed by atoms with Crippen molar-refractivity contribution in [1.29, 1.82) is 0 Å². The fraction of sp³-hybridized carbons (Fsp3) is 1.00. The summed E-state index contributed by atoms with van der Waals surface area (Å²) in [6.45, 7) is 4.71. The number of hydrogen-bond acceptors (Lipinski definition) is 0. The van der Waals surface area contributed by atoms with Gasteiger partial charge in [-0.3, -0.25) is 0 Å². The van der Waals surface area contributed by atoms with Crippen LogP contribution in [0.3, 0.4) is 0 Å². The van der Waals surface area contributed by atoms with Crippen LogP contribution in [0.15, 0.2) is 0 Å². The molecule has 0 spiro atoms. The Morgan fingerprint density at radius 2 is 2.09 bits per heavy atom. The normalized spacial score (nSPS) is 21.3. The lowest BCUT2D eigenvalue weighted by molar-refractivity contribution is 0.249. The van der Waals surface area contributed by atoms with Crippen LogP contribution in [-0.2, 0) is 0 Å². The molecule has 11 heavy (non-hydrogen) atoms. The highest BCUT2D eigenvalue weighted by Crippen LogP contribution is 2.33. The molecule has 1 atom stereocenters. The molecule has 0 aromatic carbocycles. The molecule has 0 radical (unpaired) electrons. The second-order valence-corrected chi connectivity index (χ2v) is 4.28. The smallest absolute Gasteiger partial charge is 0.0412 e. The Bertz CT molecular complexity index is 92.2. The van der Waals surface area contributed by atoms with Crippen LogP contribution in [0.25, 0.3) is 0 Å². The standard InChI is InChI=1S/C11H22/c1-3-4-6-10(2)9-11-7-5-8-11/h10-11H,3-9H2,1-2H3. The largest absolute Gasteiger partial charge is 0.0654 e. The number of unbranched alkanes of at least 4 members (excludes halogenated alkanes) is 1. The molecule has 0 N–H and O–H groups in total. The molecule has 0 heteroatoms. The fourth-order valence-corrected chi connectivity index (χ4v) is 1.97. The Hall–Kier alpha value is 0. The summed E-state index contributed by atoms with van der Waals surface area (Å²) >= 11 is 0. The molecule has 1 saturated carbocycles. The van der Waals surface area contributed by atoms with E-state index in [1.165, 1.54) is 44.9 Å². The SMILES string of the molecule is CCCCC(C)CC1CCC1. The highest BCUT2D eigenvalue weighted by molar-refractivity contribution is 4.71. The van der Waals surface area contributed by atoms with E-state index < -0.39 is 0 Å². The fourth-order valence-electron chi connectivity index (χ4n) is 1.97. The van der Waals surface area contributed by atoms with Crippen molar-refractivity contribution < 1.29 is 0 Å². The molecule has 1 rings (SSSR count). The molecule has 0 aromatic rings. The molecule has 1 aliphatic rings. The van der Waals surface area contributed by atoms with E-state index in [1.807, 2.05) is 0 Å². The zero-order chi connectivity index (χ0) is 8.10. The van der Waals surface area contributed by atoms with Gasteiger partial charge in [0.25, 0.3) is 0 Å². The van der Waals surface area contributed by atoms with Gasteiger partial charge in [0.05, 0.1) is 0 Å². The molecule has 0 heterocycles. The van der Waals surface area contributed by atoms with E-state index in [0.29, 0.717) is 0 Å². The first-order chi connectivity index (χ1) is 5.33. The average Bonchev–Trinajstić information content (AvgIpc) is 1.93. The molecule has 0 nitrogen and oxygen atoms in total. The van der Waals surface area contributed by atoms with Gasteiger partial charge in [0.2, 0.25) is 0 Å². The molecule has 1 unspecified atom stereocenters. The average molecular weight is 154 g/mol. The van der Waals surface area contributed by atoms with Crippen molar-refractivity contribution in [3.05, 3.63) is 0 Å². The maximum Gasteiger partial charge on any atom is -0.0412 e. The van der Waals surface area contributed by atoms with Gasteiger partial charge in [-0.2, -0.15) is 0 Å². The topological polar surface area (TPSA) is 0 Å². The molecule has 0 amide bonds. The monoisotopic (exact) mass is 154 g/mol. The molecule has 66 valence electrons. The van der Waals surface area contributed by atoms with E-state index in [4.69, 9.17) is 0 Å². The van der Waals surface area contributed by atoms with Gasteiger partial charge in [-0.25, -0.2) is 0 Å². The Kier molecular flexibility index (Phi) is 3.96. The molecular weight excluding hydrogens is 132 g/mol. The summed E-state index contributed by atoms with van der Waals surface area (Å²) in [6.07, 6.45) is 10.3. The maximum absolute atomic E-state index is 2.42. The zero-order valence-electron chi connectivity index (χ0n) is 8.10. The Balaban J connectivity index is 1.95. The van der Waals surface area contributed by atoms with Gasteiger partial charge in [-0.05, 0) is 18.3 Å². The lowest BCUT2D eigenvalue weighted by Gasteiger charge is -2.28. The second kappa shape index (κ2) is 4.79. The van der Waals surface area contributed by atoms with Crippen LogP contribution in [-0.4, -0.2) is 0 Å². The van der Waals surface area contributed by atoms with Crippen LogP contribution in [0.4, 0.5) is 0 Å². The van der Waals surface area contributed by atoms with Crippen molar-refractivity contribution in [3.63, 3.8) is 0 Å². The first kappa shape index (κ1) is 9.09. The van der Waals surface area contributed by atoms with Gasteiger partial charge in [0.1, 0.15) is 0 Å². The van der Waals surface area contributed by atoms with Gasteiger partial charge in [-0.15, -0.1) is 0 Å². The van der Waals surface area contributed by atoms with Crippen molar-refractivity contribution in [1.82, 2.24) is 0 Å². The number of hydrogen-bond donors (Lipinski definition) is 0. The summed E-state index contributed by atoms with van der Waals surface area (Å²) in [6, 6.07) is 0. The third-order valence-corrected chi connectivity index (χ3v) is 3.01. The molecule has 0 bridgehead atoms.